The van der Waals surface area contributed by atoms with Gasteiger partial charge in [0.25, 0.3) is 0 Å². The molecule has 2 fully saturated rings. The lowest BCUT2D eigenvalue weighted by molar-refractivity contribution is -0.303. The topological polar surface area (TPSA) is 239 Å². The number of benzene rings is 2. The zero-order valence-electron chi connectivity index (χ0n) is 25.5. The number of aliphatic hydroxyl groups excluding tert-OH is 3. The molecular formula is C32H39NO13. The van der Waals surface area contributed by atoms with E-state index in [0.29, 0.717) is 0 Å². The zero-order valence-corrected chi connectivity index (χ0v) is 25.5. The third kappa shape index (κ3) is 5.09. The van der Waals surface area contributed by atoms with Gasteiger partial charge in [0.15, 0.2) is 18.4 Å². The summed E-state index contributed by atoms with van der Waals surface area (Å²) in [5, 5.41) is 76.4. The summed E-state index contributed by atoms with van der Waals surface area (Å²) in [4.78, 5) is 27.1. The van der Waals surface area contributed by atoms with Crippen LogP contribution in [0.1, 0.15) is 102 Å². The number of phenolic OH excluding ortho intramolecular Hbond substituents is 3. The lowest BCUT2D eigenvalue weighted by Gasteiger charge is -2.46. The smallest absolute Gasteiger partial charge is 0.202 e. The highest BCUT2D eigenvalue weighted by Crippen LogP contribution is 2.56. The van der Waals surface area contributed by atoms with Gasteiger partial charge in [-0.05, 0) is 26.3 Å². The van der Waals surface area contributed by atoms with Gasteiger partial charge >= 0.3 is 0 Å². The number of carbonyl (C=O) groups is 2. The van der Waals surface area contributed by atoms with E-state index in [4.69, 9.17) is 24.7 Å². The van der Waals surface area contributed by atoms with E-state index in [0.717, 1.165) is 0 Å². The van der Waals surface area contributed by atoms with Gasteiger partial charge < -0.3 is 60.4 Å². The van der Waals surface area contributed by atoms with Crippen LogP contribution in [0, 0.1) is 0 Å². The van der Waals surface area contributed by atoms with Crippen molar-refractivity contribution < 1.29 is 64.3 Å². The first-order chi connectivity index (χ1) is 21.7. The maximum Gasteiger partial charge on any atom is 0.202 e. The predicted octanol–water partition coefficient (Wildman–Crippen LogP) is 0.919. The minimum atomic E-state index is -1.87. The molecule has 2 aliphatic heterocycles. The van der Waals surface area contributed by atoms with Crippen LogP contribution in [0.15, 0.2) is 18.2 Å². The molecule has 0 aromatic heterocycles. The monoisotopic (exact) mass is 645 g/mol. The highest BCUT2D eigenvalue weighted by atomic mass is 16.7. The average molecular weight is 646 g/mol. The minimum Gasteiger partial charge on any atom is -0.507 e. The Kier molecular flexibility index (Phi) is 8.41. The number of nitrogens with two attached hydrogens (primary N) is 1. The van der Waals surface area contributed by atoms with Gasteiger partial charge in [0.2, 0.25) is 5.78 Å². The van der Waals surface area contributed by atoms with E-state index in [-0.39, 0.29) is 47.9 Å². The molecule has 0 unspecified atom stereocenters. The van der Waals surface area contributed by atoms with Gasteiger partial charge in [0.05, 0.1) is 46.7 Å². The fraction of sp³-hybridized carbons (Fsp3) is 0.562. The number of ether oxygens (including phenoxy) is 4. The Morgan fingerprint density at radius 2 is 1.52 bits per heavy atom. The van der Waals surface area contributed by atoms with Crippen LogP contribution in [0.3, 0.4) is 0 Å². The van der Waals surface area contributed by atoms with Crippen molar-refractivity contribution in [3.8, 4) is 17.2 Å². The molecule has 2 aromatic carbocycles. The molecule has 11 atom stereocenters. The third-order valence-electron chi connectivity index (χ3n) is 9.76. The molecular weight excluding hydrogens is 606 g/mol. The Bertz CT molecular complexity index is 1540. The molecule has 9 N–H and O–H groups in total. The van der Waals surface area contributed by atoms with Crippen molar-refractivity contribution >= 4 is 11.6 Å². The van der Waals surface area contributed by atoms with Crippen molar-refractivity contribution in [2.75, 3.05) is 0 Å². The average Bonchev–Trinajstić information content (AvgIpc) is 2.99. The summed E-state index contributed by atoms with van der Waals surface area (Å²) in [5.41, 5.74) is 2.39. The SMILES string of the molecule is CC[C@@]1(O)C[C@H](O[C@H]2C[C@H](N)[C@H](O[C@H]3C[C@H](O)[C@H](O)[C@H](C)O3)[C@H](C)O2)c2c(O)c3c(c(O)c2[C@H]1O)C(=O)c1cccc(O)c1C3=O. The molecule has 0 radical (unpaired) electrons. The van der Waals surface area contributed by atoms with Gasteiger partial charge in [-0.15, -0.1) is 0 Å². The maximum atomic E-state index is 13.6. The Balaban J connectivity index is 1.32. The van der Waals surface area contributed by atoms with E-state index in [9.17, 15) is 45.3 Å². The Morgan fingerprint density at radius 1 is 0.891 bits per heavy atom. The third-order valence-corrected chi connectivity index (χ3v) is 9.76. The van der Waals surface area contributed by atoms with Gasteiger partial charge in [-0.1, -0.05) is 19.1 Å². The van der Waals surface area contributed by atoms with Gasteiger partial charge in [-0.3, -0.25) is 9.59 Å². The maximum absolute atomic E-state index is 13.6. The molecule has 2 saturated heterocycles. The predicted molar refractivity (Wildman–Crippen MR) is 156 cm³/mol. The number of carbonyl (C=O) groups excluding carboxylic acids is 2. The molecule has 14 heteroatoms. The highest BCUT2D eigenvalue weighted by Gasteiger charge is 2.52. The van der Waals surface area contributed by atoms with Gasteiger partial charge in [-0.2, -0.15) is 0 Å². The van der Waals surface area contributed by atoms with E-state index < -0.39 is 107 Å². The van der Waals surface area contributed by atoms with Crippen LogP contribution in [-0.4, -0.2) is 102 Å². The summed E-state index contributed by atoms with van der Waals surface area (Å²) in [6.07, 6.45) is -9.29. The molecule has 0 bridgehead atoms. The first-order valence-electron chi connectivity index (χ1n) is 15.3. The van der Waals surface area contributed by atoms with Crippen molar-refractivity contribution in [3.63, 3.8) is 0 Å². The molecule has 14 nitrogen and oxygen atoms in total. The van der Waals surface area contributed by atoms with Crippen LogP contribution in [0.4, 0.5) is 0 Å². The summed E-state index contributed by atoms with van der Waals surface area (Å²) < 4.78 is 24.0. The molecule has 0 spiro atoms. The zero-order chi connectivity index (χ0) is 33.4. The molecule has 0 amide bonds. The number of fused-ring (bicyclic) bond motifs is 3. The molecule has 0 saturated carbocycles. The lowest BCUT2D eigenvalue weighted by atomic mass is 9.70. The summed E-state index contributed by atoms with van der Waals surface area (Å²) >= 11 is 0. The first-order valence-corrected chi connectivity index (χ1v) is 15.3. The lowest BCUT2D eigenvalue weighted by Crippen LogP contribution is -2.56. The van der Waals surface area contributed by atoms with Gasteiger partial charge in [-0.25, -0.2) is 0 Å². The van der Waals surface area contributed by atoms with Crippen molar-refractivity contribution in [1.29, 1.82) is 0 Å². The summed E-state index contributed by atoms with van der Waals surface area (Å²) in [5.74, 6) is -3.79. The number of ketones is 2. The van der Waals surface area contributed by atoms with Crippen molar-refractivity contribution in [3.05, 3.63) is 51.6 Å². The highest BCUT2D eigenvalue weighted by molar-refractivity contribution is 6.31. The van der Waals surface area contributed by atoms with Gasteiger partial charge in [0.1, 0.15) is 35.6 Å². The number of hydrogen-bond acceptors (Lipinski definition) is 14. The number of aromatic hydroxyl groups is 3. The number of rotatable bonds is 5. The van der Waals surface area contributed by atoms with E-state index in [1.54, 1.807) is 20.8 Å². The van der Waals surface area contributed by atoms with Crippen molar-refractivity contribution in [2.45, 2.75) is 113 Å². The Morgan fingerprint density at radius 3 is 2.17 bits per heavy atom. The van der Waals surface area contributed by atoms with Crippen LogP contribution in [0.2, 0.25) is 0 Å². The van der Waals surface area contributed by atoms with Crippen molar-refractivity contribution in [1.82, 2.24) is 0 Å². The largest absolute Gasteiger partial charge is 0.507 e. The van der Waals surface area contributed by atoms with E-state index in [1.165, 1.54) is 18.2 Å². The van der Waals surface area contributed by atoms with E-state index >= 15 is 0 Å². The first kappa shape index (κ1) is 32.7. The molecule has 46 heavy (non-hydrogen) atoms. The summed E-state index contributed by atoms with van der Waals surface area (Å²) in [6, 6.07) is 3.19. The molecule has 6 rings (SSSR count). The number of hydrogen-bond donors (Lipinski definition) is 8. The van der Waals surface area contributed by atoms with E-state index in [1.807, 2.05) is 0 Å². The van der Waals surface area contributed by atoms with Crippen LogP contribution >= 0.6 is 0 Å². The van der Waals surface area contributed by atoms with E-state index in [2.05, 4.69) is 0 Å². The molecule has 2 heterocycles. The van der Waals surface area contributed by atoms with Crippen molar-refractivity contribution in [2.24, 2.45) is 5.73 Å². The minimum absolute atomic E-state index is 0.00789. The number of phenols is 3. The van der Waals surface area contributed by atoms with Crippen LogP contribution in [0.5, 0.6) is 17.2 Å². The van der Waals surface area contributed by atoms with Crippen LogP contribution in [-0.2, 0) is 18.9 Å². The summed E-state index contributed by atoms with van der Waals surface area (Å²) in [7, 11) is 0. The molecule has 250 valence electrons. The second-order valence-electron chi connectivity index (χ2n) is 12.7. The second-order valence-corrected chi connectivity index (χ2v) is 12.7. The second kappa shape index (κ2) is 11.8. The quantitative estimate of drug-likeness (QED) is 0.180. The summed E-state index contributed by atoms with van der Waals surface area (Å²) in [6.45, 7) is 4.90. The van der Waals surface area contributed by atoms with Crippen LogP contribution < -0.4 is 5.73 Å². The van der Waals surface area contributed by atoms with Gasteiger partial charge in [0, 0.05) is 42.0 Å². The fourth-order valence-electron chi connectivity index (χ4n) is 7.14. The normalized spacial score (nSPS) is 37.4. The molecule has 4 aliphatic rings. The Labute approximate surface area is 263 Å². The molecule has 2 aliphatic carbocycles. The number of aliphatic hydroxyl groups is 4. The standard InChI is InChI=1S/C32H39NO13/c1-4-32(42)10-17(45-18-8-14(33)30(12(3)44-18)46-19-9-16(35)25(36)11(2)43-19)21-24(31(32)41)29(40)22-23(28(21)39)27(38)20-13(26(22)37)6-5-7-15(20)34/h5-7,11-12,14,16-19,25,30-31,34-36,39-42H,4,8-10,33H2,1-3H3/t11-,12-,14-,16-,17-,18-,19-,25+,30+,31+,32+/m0/s1. The fourth-order valence-corrected chi connectivity index (χ4v) is 7.14. The molecule has 2 aromatic rings. The van der Waals surface area contributed by atoms with Crippen LogP contribution in [0.25, 0.3) is 0 Å². The Hall–Kier alpha value is -3.18.